The number of Topliss-reactive ketones (excluding diaryl/α,β-unsaturated/α-hetero) is 1. The normalized spacial score (nSPS) is 15.4. The number of aromatic nitrogens is 1. The Morgan fingerprint density at radius 3 is 2.59 bits per heavy atom. The molecule has 0 fully saturated rings. The van der Waals surface area contributed by atoms with Gasteiger partial charge >= 0.3 is 0 Å². The number of hydrogen-bond acceptors (Lipinski definition) is 3. The summed E-state index contributed by atoms with van der Waals surface area (Å²) < 4.78 is 14.8. The molecule has 1 atom stereocenters. The van der Waals surface area contributed by atoms with Crippen LogP contribution in [0.5, 0.6) is 0 Å². The van der Waals surface area contributed by atoms with Gasteiger partial charge in [0.1, 0.15) is 5.82 Å². The Labute approximate surface area is 234 Å². The summed E-state index contributed by atoms with van der Waals surface area (Å²) in [5, 5.41) is 7.24. The molecule has 6 nitrogen and oxygen atoms in total. The number of halogens is 3. The largest absolute Gasteiger partial charge is 0.361 e. The van der Waals surface area contributed by atoms with Gasteiger partial charge in [-0.1, -0.05) is 47.0 Å². The van der Waals surface area contributed by atoms with Crippen LogP contribution < -0.4 is 10.6 Å². The molecule has 0 radical (unpaired) electrons. The summed E-state index contributed by atoms with van der Waals surface area (Å²) >= 11 is 12.4. The van der Waals surface area contributed by atoms with E-state index in [4.69, 9.17) is 23.2 Å². The topological polar surface area (TPSA) is 91.1 Å². The Morgan fingerprint density at radius 1 is 1.05 bits per heavy atom. The van der Waals surface area contributed by atoms with Gasteiger partial charge in [0.05, 0.1) is 11.6 Å². The fourth-order valence-corrected chi connectivity index (χ4v) is 5.40. The van der Waals surface area contributed by atoms with Crippen LogP contribution in [0.25, 0.3) is 10.9 Å². The molecule has 0 spiro atoms. The Hall–Kier alpha value is -3.94. The van der Waals surface area contributed by atoms with Crippen LogP contribution >= 0.6 is 23.2 Å². The first-order chi connectivity index (χ1) is 18.7. The van der Waals surface area contributed by atoms with Gasteiger partial charge in [0.15, 0.2) is 5.78 Å². The maximum Gasteiger partial charge on any atom is 0.254 e. The van der Waals surface area contributed by atoms with Gasteiger partial charge in [-0.15, -0.1) is 0 Å². The number of ketones is 1. The first kappa shape index (κ1) is 26.7. The maximum atomic E-state index is 14.8. The second-order valence-electron chi connectivity index (χ2n) is 9.49. The van der Waals surface area contributed by atoms with Crippen LogP contribution in [-0.2, 0) is 22.6 Å². The highest BCUT2D eigenvalue weighted by molar-refractivity contribution is 6.36. The highest BCUT2D eigenvalue weighted by Gasteiger charge is 2.31. The summed E-state index contributed by atoms with van der Waals surface area (Å²) in [6.07, 6.45) is 2.05. The zero-order chi connectivity index (χ0) is 27.7. The monoisotopic (exact) mass is 563 g/mol. The Kier molecular flexibility index (Phi) is 7.55. The molecule has 2 heterocycles. The third-order valence-corrected chi connectivity index (χ3v) is 7.53. The van der Waals surface area contributed by atoms with Gasteiger partial charge in [0.25, 0.3) is 5.91 Å². The number of amides is 2. The molecule has 1 aliphatic rings. The molecule has 39 heavy (non-hydrogen) atoms. The average Bonchev–Trinajstić information content (AvgIpc) is 3.36. The molecule has 4 aromatic rings. The fourth-order valence-electron chi connectivity index (χ4n) is 4.87. The van der Waals surface area contributed by atoms with Crippen molar-refractivity contribution in [2.75, 3.05) is 0 Å². The molecule has 1 unspecified atom stereocenters. The van der Waals surface area contributed by atoms with Crippen molar-refractivity contribution in [3.8, 4) is 0 Å². The lowest BCUT2D eigenvalue weighted by Crippen LogP contribution is -2.37. The number of carbonyl (C=O) groups excluding carboxylic acids is 3. The minimum absolute atomic E-state index is 0.00456. The summed E-state index contributed by atoms with van der Waals surface area (Å²) in [5.74, 6) is -1.83. The van der Waals surface area contributed by atoms with E-state index in [1.807, 2.05) is 30.5 Å². The van der Waals surface area contributed by atoms with E-state index in [2.05, 4.69) is 15.6 Å². The van der Waals surface area contributed by atoms with Crippen molar-refractivity contribution in [3.05, 3.63) is 116 Å². The number of rotatable bonds is 7. The van der Waals surface area contributed by atoms with Crippen LogP contribution in [0.3, 0.4) is 0 Å². The number of H-pyrrole nitrogens is 1. The van der Waals surface area contributed by atoms with Crippen LogP contribution in [-0.4, -0.2) is 22.6 Å². The first-order valence-corrected chi connectivity index (χ1v) is 13.1. The zero-order valence-corrected chi connectivity index (χ0v) is 22.4. The molecular weight excluding hydrogens is 540 g/mol. The quantitative estimate of drug-likeness (QED) is 0.249. The number of aromatic amines is 1. The number of hydrogen-bond donors (Lipinski definition) is 3. The fraction of sp³-hybridized carbons (Fsp3) is 0.167. The van der Waals surface area contributed by atoms with Crippen LogP contribution in [0.2, 0.25) is 10.0 Å². The summed E-state index contributed by atoms with van der Waals surface area (Å²) in [4.78, 5) is 42.1. The van der Waals surface area contributed by atoms with Crippen molar-refractivity contribution in [3.63, 3.8) is 0 Å². The van der Waals surface area contributed by atoms with Gasteiger partial charge in [-0.2, -0.15) is 0 Å². The minimum Gasteiger partial charge on any atom is -0.361 e. The number of carbonyl (C=O) groups is 3. The van der Waals surface area contributed by atoms with Crippen LogP contribution in [0, 0.1) is 5.82 Å². The first-order valence-electron chi connectivity index (χ1n) is 12.3. The van der Waals surface area contributed by atoms with Gasteiger partial charge in [-0.3, -0.25) is 14.4 Å². The molecule has 0 bridgehead atoms. The van der Waals surface area contributed by atoms with Crippen LogP contribution in [0.1, 0.15) is 46.4 Å². The third-order valence-electron chi connectivity index (χ3n) is 6.82. The van der Waals surface area contributed by atoms with E-state index in [9.17, 15) is 18.8 Å². The lowest BCUT2D eigenvalue weighted by Gasteiger charge is -2.28. The molecule has 5 rings (SSSR count). The predicted molar refractivity (Wildman–Crippen MR) is 149 cm³/mol. The molecule has 9 heteroatoms. The average molecular weight is 564 g/mol. The Morgan fingerprint density at radius 2 is 1.82 bits per heavy atom. The second-order valence-corrected chi connectivity index (χ2v) is 10.3. The SMILES string of the molecule is CC1=C(C(=O)Cc2ccc3[nH]ccc3c2)C(c2ccc(F)c(C(=O)NCc3c(Cl)cccc3Cl)c2)NC(=O)C1. The molecule has 0 aliphatic carbocycles. The molecule has 2 amide bonds. The van der Waals surface area contributed by atoms with Gasteiger partial charge in [0, 0.05) is 52.3 Å². The number of nitrogens with one attached hydrogen (secondary N) is 3. The van der Waals surface area contributed by atoms with E-state index >= 15 is 0 Å². The summed E-state index contributed by atoms with van der Waals surface area (Å²) in [6.45, 7) is 1.74. The lowest BCUT2D eigenvalue weighted by molar-refractivity contribution is -0.121. The molecule has 3 N–H and O–H groups in total. The van der Waals surface area contributed by atoms with Gasteiger partial charge in [0.2, 0.25) is 5.91 Å². The van der Waals surface area contributed by atoms with E-state index in [-0.39, 0.29) is 36.6 Å². The standard InChI is InChI=1S/C30H24Cl2FN3O3/c1-16-11-27(38)36-29(28(16)26(37)13-17-5-8-25-18(12-17)9-10-34-25)19-6-7-24(33)20(14-19)30(39)35-15-21-22(31)3-2-4-23(21)32/h2-10,12,14,29,34H,11,13,15H2,1H3,(H,35,39)(H,36,38). The number of benzene rings is 3. The van der Waals surface area contributed by atoms with E-state index in [0.29, 0.717) is 32.3 Å². The van der Waals surface area contributed by atoms with Crippen molar-refractivity contribution in [2.45, 2.75) is 32.4 Å². The van der Waals surface area contributed by atoms with E-state index in [1.54, 1.807) is 25.1 Å². The molecule has 1 aliphatic heterocycles. The van der Waals surface area contributed by atoms with Gasteiger partial charge in [-0.25, -0.2) is 4.39 Å². The summed E-state index contributed by atoms with van der Waals surface area (Å²) in [5.41, 5.74) is 3.59. The van der Waals surface area contributed by atoms with Gasteiger partial charge < -0.3 is 15.6 Å². The maximum absolute atomic E-state index is 14.8. The molecule has 3 aromatic carbocycles. The minimum atomic E-state index is -0.820. The predicted octanol–water partition coefficient (Wildman–Crippen LogP) is 6.23. The van der Waals surface area contributed by atoms with Crippen molar-refractivity contribution >= 4 is 51.7 Å². The van der Waals surface area contributed by atoms with Crippen molar-refractivity contribution < 1.29 is 18.8 Å². The zero-order valence-electron chi connectivity index (χ0n) is 20.9. The van der Waals surface area contributed by atoms with Crippen LogP contribution in [0.4, 0.5) is 4.39 Å². The second kappa shape index (κ2) is 11.0. The Bertz CT molecular complexity index is 1640. The number of fused-ring (bicyclic) bond motifs is 1. The van der Waals surface area contributed by atoms with Crippen molar-refractivity contribution in [2.24, 2.45) is 0 Å². The van der Waals surface area contributed by atoms with Crippen LogP contribution in [0.15, 0.2) is 78.0 Å². The lowest BCUT2D eigenvalue weighted by atomic mass is 9.85. The molecule has 198 valence electrons. The smallest absolute Gasteiger partial charge is 0.254 e. The molecule has 0 saturated carbocycles. The highest BCUT2D eigenvalue weighted by atomic mass is 35.5. The molecule has 1 aromatic heterocycles. The van der Waals surface area contributed by atoms with E-state index < -0.39 is 17.8 Å². The van der Waals surface area contributed by atoms with Crippen molar-refractivity contribution in [1.29, 1.82) is 0 Å². The van der Waals surface area contributed by atoms with Crippen molar-refractivity contribution in [1.82, 2.24) is 15.6 Å². The van der Waals surface area contributed by atoms with E-state index in [0.717, 1.165) is 22.5 Å². The summed E-state index contributed by atoms with van der Waals surface area (Å²) in [7, 11) is 0. The molecular formula is C30H24Cl2FN3O3. The highest BCUT2D eigenvalue weighted by Crippen LogP contribution is 2.32. The Balaban J connectivity index is 1.41. The molecule has 0 saturated heterocycles. The van der Waals surface area contributed by atoms with Gasteiger partial charge in [-0.05, 0) is 65.9 Å². The summed E-state index contributed by atoms with van der Waals surface area (Å²) in [6, 6.07) is 15.8. The van der Waals surface area contributed by atoms with E-state index in [1.165, 1.54) is 12.1 Å². The third kappa shape index (κ3) is 5.60.